The Morgan fingerprint density at radius 1 is 1.12 bits per heavy atom. The maximum Gasteiger partial charge on any atom is 0.221 e. The van der Waals surface area contributed by atoms with E-state index in [1.165, 1.54) is 19.8 Å². The molecule has 3 N–H and O–H groups in total. The Hall–Kier alpha value is -1.59. The number of hydrogen-bond acceptors (Lipinski definition) is 3. The number of nitrogens with one attached hydrogen (secondary N) is 3. The second-order valence-electron chi connectivity index (χ2n) is 6.83. The third-order valence-electron chi connectivity index (χ3n) is 4.81. The van der Waals surface area contributed by atoms with Crippen molar-refractivity contribution in [3.05, 3.63) is 29.8 Å². The predicted molar refractivity (Wildman–Crippen MR) is 97.1 cm³/mol. The third-order valence-corrected chi connectivity index (χ3v) is 4.81. The number of hydrogen-bond donors (Lipinski definition) is 3. The van der Waals surface area contributed by atoms with Crippen LogP contribution in [0.2, 0.25) is 0 Å². The van der Waals surface area contributed by atoms with Crippen LogP contribution in [-0.4, -0.2) is 23.9 Å². The number of fused-ring (bicyclic) bond motifs is 2. The molecular formula is C18H26ClN3O2. The van der Waals surface area contributed by atoms with E-state index in [-0.39, 0.29) is 24.2 Å². The van der Waals surface area contributed by atoms with Crippen molar-refractivity contribution in [3.63, 3.8) is 0 Å². The second-order valence-corrected chi connectivity index (χ2v) is 6.83. The number of benzene rings is 1. The van der Waals surface area contributed by atoms with Gasteiger partial charge in [-0.25, -0.2) is 0 Å². The SMILES string of the molecule is CC(=O)Nc1ccc(CNC(=O)CC2CC3CCC(C2)N3)cc1.Cl. The quantitative estimate of drug-likeness (QED) is 0.763. The lowest BCUT2D eigenvalue weighted by atomic mass is 9.89. The molecule has 5 nitrogen and oxygen atoms in total. The van der Waals surface area contributed by atoms with Gasteiger partial charge in [-0.15, -0.1) is 12.4 Å². The molecule has 0 saturated carbocycles. The van der Waals surface area contributed by atoms with Gasteiger partial charge in [0.2, 0.25) is 11.8 Å². The zero-order valence-electron chi connectivity index (χ0n) is 14.0. The van der Waals surface area contributed by atoms with Crippen molar-refractivity contribution in [1.82, 2.24) is 10.6 Å². The van der Waals surface area contributed by atoms with Crippen molar-refractivity contribution in [2.75, 3.05) is 5.32 Å². The van der Waals surface area contributed by atoms with Crippen LogP contribution in [0.3, 0.4) is 0 Å². The van der Waals surface area contributed by atoms with Gasteiger partial charge in [-0.3, -0.25) is 9.59 Å². The minimum Gasteiger partial charge on any atom is -0.352 e. The Morgan fingerprint density at radius 2 is 1.75 bits per heavy atom. The number of amides is 2. The number of anilines is 1. The largest absolute Gasteiger partial charge is 0.352 e. The Kier molecular flexibility index (Phi) is 6.63. The zero-order valence-corrected chi connectivity index (χ0v) is 14.8. The molecular weight excluding hydrogens is 326 g/mol. The molecule has 0 spiro atoms. The molecule has 2 bridgehead atoms. The average Bonchev–Trinajstić information content (AvgIpc) is 2.85. The molecule has 1 aromatic carbocycles. The van der Waals surface area contributed by atoms with E-state index in [9.17, 15) is 9.59 Å². The van der Waals surface area contributed by atoms with Crippen LogP contribution in [0.5, 0.6) is 0 Å². The molecule has 6 heteroatoms. The van der Waals surface area contributed by atoms with Crippen LogP contribution < -0.4 is 16.0 Å². The van der Waals surface area contributed by atoms with E-state index in [4.69, 9.17) is 0 Å². The van der Waals surface area contributed by atoms with Crippen LogP contribution in [0.15, 0.2) is 24.3 Å². The molecule has 2 heterocycles. The summed E-state index contributed by atoms with van der Waals surface area (Å²) < 4.78 is 0. The van der Waals surface area contributed by atoms with Crippen molar-refractivity contribution in [3.8, 4) is 0 Å². The van der Waals surface area contributed by atoms with Gasteiger partial charge in [0, 0.05) is 37.7 Å². The monoisotopic (exact) mass is 351 g/mol. The summed E-state index contributed by atoms with van der Waals surface area (Å²) in [6, 6.07) is 8.83. The highest BCUT2D eigenvalue weighted by molar-refractivity contribution is 5.88. The number of halogens is 1. The van der Waals surface area contributed by atoms with E-state index in [2.05, 4.69) is 16.0 Å². The minimum absolute atomic E-state index is 0. The van der Waals surface area contributed by atoms with Gasteiger partial charge in [0.15, 0.2) is 0 Å². The lowest BCUT2D eigenvalue weighted by Gasteiger charge is -2.28. The molecule has 2 aliphatic rings. The number of carbonyl (C=O) groups is 2. The van der Waals surface area contributed by atoms with Crippen LogP contribution in [0.4, 0.5) is 5.69 Å². The molecule has 2 saturated heterocycles. The molecule has 0 radical (unpaired) electrons. The van der Waals surface area contributed by atoms with Gasteiger partial charge in [-0.05, 0) is 49.3 Å². The number of rotatable bonds is 5. The van der Waals surface area contributed by atoms with Crippen LogP contribution in [-0.2, 0) is 16.1 Å². The minimum atomic E-state index is -0.0815. The molecule has 132 valence electrons. The Morgan fingerprint density at radius 3 is 2.33 bits per heavy atom. The first-order valence-corrected chi connectivity index (χ1v) is 8.48. The molecule has 2 aliphatic heterocycles. The molecule has 2 atom stereocenters. The van der Waals surface area contributed by atoms with Crippen LogP contribution in [0, 0.1) is 5.92 Å². The molecule has 1 aromatic rings. The first-order chi connectivity index (χ1) is 11.1. The van der Waals surface area contributed by atoms with Gasteiger partial charge in [0.05, 0.1) is 0 Å². The van der Waals surface area contributed by atoms with Crippen molar-refractivity contribution in [1.29, 1.82) is 0 Å². The topological polar surface area (TPSA) is 70.2 Å². The highest BCUT2D eigenvalue weighted by Gasteiger charge is 2.34. The molecule has 3 rings (SSSR count). The predicted octanol–water partition coefficient (Wildman–Crippen LogP) is 2.60. The van der Waals surface area contributed by atoms with E-state index in [0.29, 0.717) is 31.0 Å². The second kappa shape index (κ2) is 8.49. The van der Waals surface area contributed by atoms with Gasteiger partial charge in [-0.1, -0.05) is 12.1 Å². The van der Waals surface area contributed by atoms with Crippen molar-refractivity contribution in [2.45, 2.75) is 57.7 Å². The lowest BCUT2D eigenvalue weighted by Crippen LogP contribution is -2.39. The molecule has 2 amide bonds. The van der Waals surface area contributed by atoms with Crippen LogP contribution in [0.1, 0.15) is 44.6 Å². The van der Waals surface area contributed by atoms with Crippen molar-refractivity contribution >= 4 is 29.9 Å². The number of carbonyl (C=O) groups excluding carboxylic acids is 2. The van der Waals surface area contributed by atoms with E-state index >= 15 is 0 Å². The van der Waals surface area contributed by atoms with E-state index in [1.807, 2.05) is 24.3 Å². The fourth-order valence-corrected chi connectivity index (χ4v) is 3.79. The molecule has 2 unspecified atom stereocenters. The summed E-state index contributed by atoms with van der Waals surface area (Å²) in [5.41, 5.74) is 1.82. The number of piperidine rings is 1. The first-order valence-electron chi connectivity index (χ1n) is 8.48. The Labute approximate surface area is 149 Å². The van der Waals surface area contributed by atoms with Gasteiger partial charge < -0.3 is 16.0 Å². The van der Waals surface area contributed by atoms with Gasteiger partial charge >= 0.3 is 0 Å². The maximum atomic E-state index is 12.1. The lowest BCUT2D eigenvalue weighted by molar-refractivity contribution is -0.122. The highest BCUT2D eigenvalue weighted by Crippen LogP contribution is 2.32. The standard InChI is InChI=1S/C18H25N3O2.ClH/c1-12(22)20-15-4-2-13(3-5-15)11-19-18(23)10-14-8-16-6-7-17(9-14)21-16;/h2-5,14,16-17,21H,6-11H2,1H3,(H,19,23)(H,20,22);1H. The summed E-state index contributed by atoms with van der Waals surface area (Å²) in [7, 11) is 0. The van der Waals surface area contributed by atoms with E-state index in [0.717, 1.165) is 24.1 Å². The average molecular weight is 352 g/mol. The zero-order chi connectivity index (χ0) is 16.2. The summed E-state index contributed by atoms with van der Waals surface area (Å²) in [4.78, 5) is 23.1. The summed E-state index contributed by atoms with van der Waals surface area (Å²) in [5.74, 6) is 0.583. The van der Waals surface area contributed by atoms with E-state index < -0.39 is 0 Å². The summed E-state index contributed by atoms with van der Waals surface area (Å²) in [6.07, 6.45) is 5.44. The smallest absolute Gasteiger partial charge is 0.221 e. The fourth-order valence-electron chi connectivity index (χ4n) is 3.79. The summed E-state index contributed by atoms with van der Waals surface area (Å²) in [5, 5.41) is 9.35. The summed E-state index contributed by atoms with van der Waals surface area (Å²) >= 11 is 0. The molecule has 2 fully saturated rings. The van der Waals surface area contributed by atoms with Gasteiger partial charge in [0.25, 0.3) is 0 Å². The van der Waals surface area contributed by atoms with Crippen LogP contribution in [0.25, 0.3) is 0 Å². The maximum absolute atomic E-state index is 12.1. The van der Waals surface area contributed by atoms with E-state index in [1.54, 1.807) is 0 Å². The Bertz CT molecular complexity index is 564. The molecule has 24 heavy (non-hydrogen) atoms. The molecule has 0 aliphatic carbocycles. The van der Waals surface area contributed by atoms with Crippen molar-refractivity contribution in [2.24, 2.45) is 5.92 Å². The van der Waals surface area contributed by atoms with Gasteiger partial charge in [0.1, 0.15) is 0 Å². The third kappa shape index (κ3) is 5.21. The molecule has 0 aromatic heterocycles. The highest BCUT2D eigenvalue weighted by atomic mass is 35.5. The normalized spacial score (nSPS) is 24.8. The summed E-state index contributed by atoms with van der Waals surface area (Å²) in [6.45, 7) is 2.03. The van der Waals surface area contributed by atoms with Crippen LogP contribution >= 0.6 is 12.4 Å². The van der Waals surface area contributed by atoms with Crippen molar-refractivity contribution < 1.29 is 9.59 Å². The fraction of sp³-hybridized carbons (Fsp3) is 0.556. The first kappa shape index (κ1) is 18.7. The Balaban J connectivity index is 0.00000208. The van der Waals surface area contributed by atoms with Gasteiger partial charge in [-0.2, -0.15) is 0 Å².